The Morgan fingerprint density at radius 3 is 1.94 bits per heavy atom. The van der Waals surface area contributed by atoms with Crippen LogP contribution in [-0.4, -0.2) is 104 Å². The fourth-order valence-corrected chi connectivity index (χ4v) is 4.90. The van der Waals surface area contributed by atoms with Crippen molar-refractivity contribution in [2.45, 2.75) is 108 Å². The smallest absolute Gasteiger partial charge is 0.335 e. The molecule has 0 spiro atoms. The van der Waals surface area contributed by atoms with Gasteiger partial charge in [-0.3, -0.25) is 14.4 Å². The zero-order valence-electron chi connectivity index (χ0n) is 29.7. The Balaban J connectivity index is 1.97. The standard InChI is InChI=1S/C36H58N4O11/c37-29(26-41)12-9-10-20-38-34(44)27-50-25-24-49-23-21-39-32(42)19-18-31(36(47)48)40-33(43)13-8-6-4-2-1-3-5-7-11-22-51-30-16-14-28(15-17-30)35(45)46/h14-17,26,29,31H,1-13,18-25,27,37H2,(H,38,44)(H,39,42)(H,40,43)(H,45,46)(H,47,48)/t29-,31?/m0/s1. The number of nitrogens with two attached hydrogens (primary N) is 1. The predicted molar refractivity (Wildman–Crippen MR) is 189 cm³/mol. The highest BCUT2D eigenvalue weighted by Crippen LogP contribution is 2.14. The van der Waals surface area contributed by atoms with Crippen LogP contribution in [0.5, 0.6) is 5.75 Å². The summed E-state index contributed by atoms with van der Waals surface area (Å²) in [6.07, 6.45) is 11.8. The molecule has 0 saturated heterocycles. The van der Waals surface area contributed by atoms with Crippen molar-refractivity contribution in [2.75, 3.05) is 46.1 Å². The second kappa shape index (κ2) is 29.6. The van der Waals surface area contributed by atoms with Crippen molar-refractivity contribution < 1.29 is 53.2 Å². The highest BCUT2D eigenvalue weighted by Gasteiger charge is 2.20. The van der Waals surface area contributed by atoms with E-state index in [0.29, 0.717) is 38.0 Å². The topological polar surface area (TPSA) is 233 Å². The molecule has 0 aliphatic carbocycles. The molecule has 1 unspecified atom stereocenters. The molecule has 2 atom stereocenters. The van der Waals surface area contributed by atoms with E-state index in [1.54, 1.807) is 12.1 Å². The molecule has 0 aliphatic heterocycles. The first-order valence-corrected chi connectivity index (χ1v) is 18.0. The van der Waals surface area contributed by atoms with Crippen molar-refractivity contribution in [3.63, 3.8) is 0 Å². The van der Waals surface area contributed by atoms with Crippen molar-refractivity contribution in [2.24, 2.45) is 5.73 Å². The van der Waals surface area contributed by atoms with E-state index < -0.39 is 24.0 Å². The summed E-state index contributed by atoms with van der Waals surface area (Å²) in [4.78, 5) is 69.1. The van der Waals surface area contributed by atoms with E-state index in [2.05, 4.69) is 16.0 Å². The number of hydrogen-bond donors (Lipinski definition) is 6. The summed E-state index contributed by atoms with van der Waals surface area (Å²) < 4.78 is 16.2. The van der Waals surface area contributed by atoms with Crippen LogP contribution < -0.4 is 26.4 Å². The van der Waals surface area contributed by atoms with Crippen LogP contribution in [0.4, 0.5) is 0 Å². The number of rotatable bonds is 33. The average molecular weight is 723 g/mol. The molecule has 1 aromatic carbocycles. The fourth-order valence-electron chi connectivity index (χ4n) is 4.90. The Hall–Kier alpha value is -4.08. The normalized spacial score (nSPS) is 12.0. The molecule has 0 aliphatic rings. The van der Waals surface area contributed by atoms with Crippen molar-refractivity contribution >= 4 is 35.9 Å². The maximum atomic E-state index is 12.3. The maximum Gasteiger partial charge on any atom is 0.335 e. The lowest BCUT2D eigenvalue weighted by molar-refractivity contribution is -0.142. The second-order valence-electron chi connectivity index (χ2n) is 12.3. The summed E-state index contributed by atoms with van der Waals surface area (Å²) in [6, 6.07) is 4.77. The van der Waals surface area contributed by atoms with E-state index in [4.69, 9.17) is 25.1 Å². The molecule has 3 amide bonds. The average Bonchev–Trinajstić information content (AvgIpc) is 3.11. The third-order valence-corrected chi connectivity index (χ3v) is 7.85. The Morgan fingerprint density at radius 1 is 0.667 bits per heavy atom. The van der Waals surface area contributed by atoms with Crippen molar-refractivity contribution in [3.8, 4) is 5.75 Å². The Morgan fingerprint density at radius 2 is 1.29 bits per heavy atom. The number of aldehydes is 1. The minimum atomic E-state index is -1.19. The highest BCUT2D eigenvalue weighted by molar-refractivity contribution is 5.87. The van der Waals surface area contributed by atoms with Crippen molar-refractivity contribution in [1.82, 2.24) is 16.0 Å². The van der Waals surface area contributed by atoms with Crippen LogP contribution in [0.1, 0.15) is 107 Å². The summed E-state index contributed by atoms with van der Waals surface area (Å²) in [7, 11) is 0. The molecule has 0 fully saturated rings. The molecule has 51 heavy (non-hydrogen) atoms. The monoisotopic (exact) mass is 722 g/mol. The van der Waals surface area contributed by atoms with Crippen LogP contribution in [0.3, 0.4) is 0 Å². The molecule has 0 bridgehead atoms. The van der Waals surface area contributed by atoms with Crippen LogP contribution in [0, 0.1) is 0 Å². The molecular weight excluding hydrogens is 664 g/mol. The number of nitrogens with one attached hydrogen (secondary N) is 3. The first-order valence-electron chi connectivity index (χ1n) is 18.0. The Bertz CT molecular complexity index is 1150. The van der Waals surface area contributed by atoms with Gasteiger partial charge in [0.2, 0.25) is 17.7 Å². The molecule has 1 aromatic rings. The van der Waals surface area contributed by atoms with Gasteiger partial charge in [-0.05, 0) is 62.8 Å². The predicted octanol–water partition coefficient (Wildman–Crippen LogP) is 2.98. The summed E-state index contributed by atoms with van der Waals surface area (Å²) in [5.74, 6) is -2.42. The van der Waals surface area contributed by atoms with Gasteiger partial charge in [0.15, 0.2) is 0 Å². The number of ether oxygens (including phenoxy) is 3. The van der Waals surface area contributed by atoms with Gasteiger partial charge in [-0.15, -0.1) is 0 Å². The van der Waals surface area contributed by atoms with Crippen molar-refractivity contribution in [1.29, 1.82) is 0 Å². The van der Waals surface area contributed by atoms with Gasteiger partial charge in [-0.25, -0.2) is 9.59 Å². The SMILES string of the molecule is N[C@H](C=O)CCCCNC(=O)COCCOCCNC(=O)CCC(NC(=O)CCCCCCCCCCCOc1ccc(C(=O)O)cc1)C(=O)O. The third-order valence-electron chi connectivity index (χ3n) is 7.85. The van der Waals surface area contributed by atoms with E-state index in [-0.39, 0.29) is 75.5 Å². The van der Waals surface area contributed by atoms with Gasteiger partial charge in [0, 0.05) is 25.9 Å². The summed E-state index contributed by atoms with van der Waals surface area (Å²) in [5.41, 5.74) is 5.74. The second-order valence-corrected chi connectivity index (χ2v) is 12.3. The van der Waals surface area contributed by atoms with E-state index in [1.807, 2.05) is 0 Å². The van der Waals surface area contributed by atoms with E-state index in [0.717, 1.165) is 64.2 Å². The minimum absolute atomic E-state index is 0.0258. The molecule has 288 valence electrons. The molecule has 7 N–H and O–H groups in total. The van der Waals surface area contributed by atoms with Crippen LogP contribution in [0.15, 0.2) is 24.3 Å². The van der Waals surface area contributed by atoms with Gasteiger partial charge in [-0.2, -0.15) is 0 Å². The molecule has 0 heterocycles. The molecule has 15 nitrogen and oxygen atoms in total. The largest absolute Gasteiger partial charge is 0.494 e. The van der Waals surface area contributed by atoms with E-state index in [1.165, 1.54) is 12.1 Å². The van der Waals surface area contributed by atoms with Gasteiger partial charge >= 0.3 is 11.9 Å². The Labute approximate surface area is 300 Å². The van der Waals surface area contributed by atoms with Gasteiger partial charge < -0.3 is 50.9 Å². The van der Waals surface area contributed by atoms with Crippen molar-refractivity contribution in [3.05, 3.63) is 29.8 Å². The maximum absolute atomic E-state index is 12.3. The molecular formula is C36H58N4O11. The number of aliphatic carboxylic acids is 1. The van der Waals surface area contributed by atoms with E-state index >= 15 is 0 Å². The summed E-state index contributed by atoms with van der Waals surface area (Å²) >= 11 is 0. The number of unbranched alkanes of at least 4 members (excludes halogenated alkanes) is 9. The van der Waals surface area contributed by atoms with Crippen LogP contribution in [-0.2, 0) is 33.4 Å². The number of carboxylic acid groups (broad SMARTS) is 2. The number of hydrogen-bond acceptors (Lipinski definition) is 10. The lowest BCUT2D eigenvalue weighted by atomic mass is 10.1. The Kier molecular flexibility index (Phi) is 26.1. The number of carboxylic acids is 2. The highest BCUT2D eigenvalue weighted by atomic mass is 16.5. The first-order chi connectivity index (χ1) is 24.6. The van der Waals surface area contributed by atoms with Crippen LogP contribution >= 0.6 is 0 Å². The molecule has 1 rings (SSSR count). The molecule has 0 aromatic heterocycles. The van der Waals surface area contributed by atoms with Gasteiger partial charge in [0.25, 0.3) is 0 Å². The van der Waals surface area contributed by atoms with Crippen LogP contribution in [0.25, 0.3) is 0 Å². The molecule has 0 saturated carbocycles. The fraction of sp³-hybridized carbons (Fsp3) is 0.667. The van der Waals surface area contributed by atoms with E-state index in [9.17, 15) is 33.9 Å². The molecule has 15 heteroatoms. The quantitative estimate of drug-likeness (QED) is 0.0454. The van der Waals surface area contributed by atoms with Gasteiger partial charge in [0.05, 0.1) is 38.0 Å². The number of carbonyl (C=O) groups excluding carboxylic acids is 4. The summed E-state index contributed by atoms with van der Waals surface area (Å²) in [5, 5.41) is 26.3. The zero-order chi connectivity index (χ0) is 37.5. The first kappa shape index (κ1) is 44.9. The van der Waals surface area contributed by atoms with Gasteiger partial charge in [0.1, 0.15) is 24.7 Å². The minimum Gasteiger partial charge on any atom is -0.494 e. The van der Waals surface area contributed by atoms with Gasteiger partial charge in [-0.1, -0.05) is 44.9 Å². The number of amides is 3. The lowest BCUT2D eigenvalue weighted by Gasteiger charge is -2.14. The lowest BCUT2D eigenvalue weighted by Crippen LogP contribution is -2.41. The zero-order valence-corrected chi connectivity index (χ0v) is 29.7. The third kappa shape index (κ3) is 25.5. The molecule has 0 radical (unpaired) electrons. The van der Waals surface area contributed by atoms with Crippen LogP contribution in [0.2, 0.25) is 0 Å². The summed E-state index contributed by atoms with van der Waals surface area (Å²) in [6.45, 7) is 1.83. The number of carbonyl (C=O) groups is 6. The number of benzene rings is 1. The number of aromatic carboxylic acids is 1.